The van der Waals surface area contributed by atoms with Crippen LogP contribution in [0.2, 0.25) is 5.15 Å². The molecule has 1 N–H and O–H groups in total. The first kappa shape index (κ1) is 12.9. The molecule has 3 aromatic rings. The van der Waals surface area contributed by atoms with Crippen LogP contribution >= 0.6 is 11.6 Å². The molecule has 0 amide bonds. The number of anilines is 1. The zero-order chi connectivity index (χ0) is 14.1. The van der Waals surface area contributed by atoms with Gasteiger partial charge in [0.25, 0.3) is 0 Å². The van der Waals surface area contributed by atoms with Gasteiger partial charge in [0.05, 0.1) is 5.69 Å². The predicted octanol–water partition coefficient (Wildman–Crippen LogP) is 2.94. The van der Waals surface area contributed by atoms with Crippen LogP contribution in [0, 0.1) is 6.92 Å². The lowest BCUT2D eigenvalue weighted by Gasteiger charge is -2.08. The smallest absolute Gasteiger partial charge is 0.159 e. The van der Waals surface area contributed by atoms with Gasteiger partial charge < -0.3 is 5.32 Å². The Morgan fingerprint density at radius 2 is 1.95 bits per heavy atom. The zero-order valence-corrected chi connectivity index (χ0v) is 12.0. The highest BCUT2D eigenvalue weighted by atomic mass is 35.5. The Morgan fingerprint density at radius 1 is 1.20 bits per heavy atom. The van der Waals surface area contributed by atoms with Gasteiger partial charge in [-0.05, 0) is 6.92 Å². The van der Waals surface area contributed by atoms with Crippen molar-refractivity contribution in [3.05, 3.63) is 46.9 Å². The second-order valence-corrected chi connectivity index (χ2v) is 5.01. The third kappa shape index (κ3) is 2.32. The molecule has 0 aliphatic heterocycles. The minimum atomic E-state index is 0.420. The fourth-order valence-corrected chi connectivity index (χ4v) is 2.41. The van der Waals surface area contributed by atoms with Crippen LogP contribution in [0.15, 0.2) is 30.5 Å². The van der Waals surface area contributed by atoms with Gasteiger partial charge in [-0.15, -0.1) is 10.2 Å². The van der Waals surface area contributed by atoms with Crippen molar-refractivity contribution in [1.29, 1.82) is 0 Å². The van der Waals surface area contributed by atoms with Crippen molar-refractivity contribution in [2.45, 2.75) is 13.5 Å². The van der Waals surface area contributed by atoms with Gasteiger partial charge in [-0.1, -0.05) is 35.9 Å². The predicted molar refractivity (Wildman–Crippen MR) is 79.8 cm³/mol. The van der Waals surface area contributed by atoms with Crippen LogP contribution < -0.4 is 5.32 Å². The molecule has 0 saturated heterocycles. The lowest BCUT2D eigenvalue weighted by atomic mass is 10.2. The molecule has 1 aromatic carbocycles. The van der Waals surface area contributed by atoms with Crippen LogP contribution in [0.4, 0.5) is 5.82 Å². The fourth-order valence-electron chi connectivity index (χ4n) is 2.20. The molecule has 6 heteroatoms. The number of rotatable bonds is 3. The van der Waals surface area contributed by atoms with Crippen LogP contribution in [-0.2, 0) is 13.6 Å². The lowest BCUT2D eigenvalue weighted by molar-refractivity contribution is 0.756. The maximum absolute atomic E-state index is 6.06. The number of benzene rings is 1. The van der Waals surface area contributed by atoms with E-state index in [1.54, 1.807) is 4.68 Å². The quantitative estimate of drug-likeness (QED) is 0.805. The van der Waals surface area contributed by atoms with E-state index < -0.39 is 0 Å². The Labute approximate surface area is 121 Å². The molecule has 5 nitrogen and oxygen atoms in total. The van der Waals surface area contributed by atoms with Crippen LogP contribution in [0.3, 0.4) is 0 Å². The van der Waals surface area contributed by atoms with E-state index in [0.29, 0.717) is 11.7 Å². The second-order valence-electron chi connectivity index (χ2n) is 4.65. The van der Waals surface area contributed by atoms with Gasteiger partial charge in [0, 0.05) is 36.1 Å². The molecular weight excluding hydrogens is 274 g/mol. The summed E-state index contributed by atoms with van der Waals surface area (Å²) in [4.78, 5) is 0. The van der Waals surface area contributed by atoms with Crippen LogP contribution in [0.1, 0.15) is 11.3 Å². The second kappa shape index (κ2) is 5.09. The van der Waals surface area contributed by atoms with Gasteiger partial charge in [0.1, 0.15) is 0 Å². The van der Waals surface area contributed by atoms with Gasteiger partial charge in [0.2, 0.25) is 0 Å². The van der Waals surface area contributed by atoms with Gasteiger partial charge in [-0.2, -0.15) is 5.10 Å². The summed E-state index contributed by atoms with van der Waals surface area (Å²) in [7, 11) is 1.91. The first-order chi connectivity index (χ1) is 9.65. The number of hydrogen-bond acceptors (Lipinski definition) is 4. The molecule has 2 heterocycles. The molecular formula is C14H14ClN5. The molecule has 0 saturated carbocycles. The van der Waals surface area contributed by atoms with Crippen molar-refractivity contribution >= 4 is 28.2 Å². The minimum Gasteiger partial charge on any atom is -0.364 e. The van der Waals surface area contributed by atoms with Gasteiger partial charge in [0.15, 0.2) is 11.0 Å². The van der Waals surface area contributed by atoms with Crippen LogP contribution in [0.25, 0.3) is 10.8 Å². The number of nitrogens with one attached hydrogen (secondary N) is 1. The number of fused-ring (bicyclic) bond motifs is 1. The molecule has 2 aromatic heterocycles. The van der Waals surface area contributed by atoms with Crippen LogP contribution in [-0.4, -0.2) is 20.0 Å². The number of halogens is 1. The Kier molecular flexibility index (Phi) is 3.28. The van der Waals surface area contributed by atoms with Gasteiger partial charge in [-0.25, -0.2) is 0 Å². The van der Waals surface area contributed by atoms with Crippen molar-refractivity contribution in [1.82, 2.24) is 20.0 Å². The highest BCUT2D eigenvalue weighted by Gasteiger charge is 2.08. The van der Waals surface area contributed by atoms with Crippen molar-refractivity contribution in [3.8, 4) is 0 Å². The summed E-state index contributed by atoms with van der Waals surface area (Å²) in [5.74, 6) is 0.730. The first-order valence-corrected chi connectivity index (χ1v) is 6.67. The Bertz CT molecular complexity index is 765. The van der Waals surface area contributed by atoms with Gasteiger partial charge >= 0.3 is 0 Å². The highest BCUT2D eigenvalue weighted by Crippen LogP contribution is 2.25. The molecule has 0 unspecified atom stereocenters. The minimum absolute atomic E-state index is 0.420. The molecule has 0 fully saturated rings. The fraction of sp³-hybridized carbons (Fsp3) is 0.214. The largest absolute Gasteiger partial charge is 0.364 e. The molecule has 0 bridgehead atoms. The van der Waals surface area contributed by atoms with Crippen molar-refractivity contribution in [2.75, 3.05) is 5.32 Å². The standard InChI is InChI=1S/C14H14ClN5/c1-9-10(8-20(2)19-9)7-16-14-12-6-4-3-5-11(12)13(15)17-18-14/h3-6,8H,7H2,1-2H3,(H,16,18). The summed E-state index contributed by atoms with van der Waals surface area (Å²) in [5, 5.41) is 18.0. The van der Waals surface area contributed by atoms with Crippen molar-refractivity contribution in [2.24, 2.45) is 7.05 Å². The summed E-state index contributed by atoms with van der Waals surface area (Å²) in [6.07, 6.45) is 1.99. The Hall–Kier alpha value is -2.14. The number of aromatic nitrogens is 4. The van der Waals surface area contributed by atoms with Crippen molar-refractivity contribution in [3.63, 3.8) is 0 Å². The Balaban J connectivity index is 1.92. The summed E-state index contributed by atoms with van der Waals surface area (Å²) < 4.78 is 1.80. The summed E-state index contributed by atoms with van der Waals surface area (Å²) in [5.41, 5.74) is 2.14. The third-order valence-corrected chi connectivity index (χ3v) is 3.48. The molecule has 102 valence electrons. The third-order valence-electron chi connectivity index (χ3n) is 3.20. The molecule has 20 heavy (non-hydrogen) atoms. The topological polar surface area (TPSA) is 55.6 Å². The highest BCUT2D eigenvalue weighted by molar-refractivity contribution is 6.34. The number of hydrogen-bond donors (Lipinski definition) is 1. The molecule has 0 atom stereocenters. The SMILES string of the molecule is Cc1nn(C)cc1CNc1nnc(Cl)c2ccccc12. The van der Waals surface area contributed by atoms with E-state index in [4.69, 9.17) is 11.6 Å². The molecule has 0 aliphatic rings. The maximum atomic E-state index is 6.06. The van der Waals surface area contributed by atoms with E-state index in [2.05, 4.69) is 20.6 Å². The maximum Gasteiger partial charge on any atom is 0.159 e. The first-order valence-electron chi connectivity index (χ1n) is 6.29. The van der Waals surface area contributed by atoms with E-state index in [1.807, 2.05) is 44.4 Å². The van der Waals surface area contributed by atoms with E-state index in [-0.39, 0.29) is 0 Å². The van der Waals surface area contributed by atoms with Crippen molar-refractivity contribution < 1.29 is 0 Å². The van der Waals surface area contributed by atoms with E-state index >= 15 is 0 Å². The average Bonchev–Trinajstić information content (AvgIpc) is 2.77. The lowest BCUT2D eigenvalue weighted by Crippen LogP contribution is -2.03. The summed E-state index contributed by atoms with van der Waals surface area (Å²) >= 11 is 6.06. The number of aryl methyl sites for hydroxylation is 2. The van der Waals surface area contributed by atoms with Gasteiger partial charge in [-0.3, -0.25) is 4.68 Å². The molecule has 0 spiro atoms. The normalized spacial score (nSPS) is 10.9. The van der Waals surface area contributed by atoms with Crippen LogP contribution in [0.5, 0.6) is 0 Å². The Morgan fingerprint density at radius 3 is 2.65 bits per heavy atom. The molecule has 3 rings (SSSR count). The van der Waals surface area contributed by atoms with E-state index in [9.17, 15) is 0 Å². The summed E-state index contributed by atoms with van der Waals surface area (Å²) in [6.45, 7) is 2.64. The monoisotopic (exact) mass is 287 g/mol. The number of nitrogens with zero attached hydrogens (tertiary/aromatic N) is 4. The zero-order valence-electron chi connectivity index (χ0n) is 11.3. The summed E-state index contributed by atoms with van der Waals surface area (Å²) in [6, 6.07) is 7.81. The molecule has 0 aliphatic carbocycles. The van der Waals surface area contributed by atoms with E-state index in [0.717, 1.165) is 27.8 Å². The van der Waals surface area contributed by atoms with E-state index in [1.165, 1.54) is 0 Å². The molecule has 0 radical (unpaired) electrons. The average molecular weight is 288 g/mol.